The Kier molecular flexibility index (Phi) is 8.82. The van der Waals surface area contributed by atoms with Crippen molar-refractivity contribution in [3.05, 3.63) is 77.1 Å². The third-order valence-electron chi connectivity index (χ3n) is 5.07. The minimum atomic E-state index is -1.58. The van der Waals surface area contributed by atoms with Crippen LogP contribution in [0.5, 0.6) is 0 Å². The average Bonchev–Trinajstić information content (AvgIpc) is 3.37. The molecule has 10 heteroatoms. The Balaban J connectivity index is 0.000000541. The molecule has 1 saturated heterocycles. The van der Waals surface area contributed by atoms with E-state index in [1.165, 1.54) is 6.07 Å². The number of aromatic amines is 1. The number of H-pyrrole nitrogens is 1. The molecule has 1 amide bonds. The summed E-state index contributed by atoms with van der Waals surface area (Å²) in [6, 6.07) is 7.01. The molecule has 4 rings (SSSR count). The monoisotopic (exact) mass is 496 g/mol. The quantitative estimate of drug-likeness (QED) is 0.364. The van der Waals surface area contributed by atoms with Crippen molar-refractivity contribution in [2.45, 2.75) is 48.9 Å². The maximum absolute atomic E-state index is 13.3. The maximum Gasteiger partial charge on any atom is 0.255 e. The Labute approximate surface area is 199 Å². The van der Waals surface area contributed by atoms with Crippen molar-refractivity contribution in [3.8, 4) is 0 Å². The van der Waals surface area contributed by atoms with Crippen LogP contribution in [0.1, 0.15) is 37.0 Å². The number of benzene rings is 2. The molecule has 0 bridgehead atoms. The van der Waals surface area contributed by atoms with Crippen LogP contribution in [0.3, 0.4) is 0 Å². The number of carbonyl (C=O) groups is 1. The summed E-state index contributed by atoms with van der Waals surface area (Å²) in [6.45, 7) is 4.23. The van der Waals surface area contributed by atoms with E-state index in [-0.39, 0.29) is 5.69 Å². The van der Waals surface area contributed by atoms with Crippen LogP contribution in [-0.2, 0) is 0 Å². The first-order valence-corrected chi connectivity index (χ1v) is 11.7. The number of aromatic nitrogens is 2. The van der Waals surface area contributed by atoms with E-state index in [1.807, 2.05) is 0 Å². The normalized spacial score (nSPS) is 19.3. The fourth-order valence-electron chi connectivity index (χ4n) is 3.43. The van der Waals surface area contributed by atoms with Crippen molar-refractivity contribution in [3.63, 3.8) is 0 Å². The van der Waals surface area contributed by atoms with Crippen LogP contribution in [0, 0.1) is 17.5 Å². The molecule has 1 aromatic heterocycles. The lowest BCUT2D eigenvalue weighted by Gasteiger charge is -2.44. The highest BCUT2D eigenvalue weighted by Gasteiger charge is 2.37. The number of amides is 1. The Morgan fingerprint density at radius 2 is 1.94 bits per heavy atom. The molecule has 1 aliphatic heterocycles. The first-order valence-electron chi connectivity index (χ1n) is 10.4. The Morgan fingerprint density at radius 1 is 1.21 bits per heavy atom. The molecule has 1 fully saturated rings. The van der Waals surface area contributed by atoms with E-state index in [0.29, 0.717) is 27.9 Å². The second kappa shape index (κ2) is 11.6. The van der Waals surface area contributed by atoms with Crippen molar-refractivity contribution < 1.29 is 18.0 Å². The summed E-state index contributed by atoms with van der Waals surface area (Å²) in [5.74, 6) is -4.87. The Morgan fingerprint density at radius 3 is 2.48 bits per heavy atom. The number of hydrogen-bond donors (Lipinski definition) is 3. The summed E-state index contributed by atoms with van der Waals surface area (Å²) >= 11 is 7.92. The molecule has 0 saturated carbocycles. The summed E-state index contributed by atoms with van der Waals surface area (Å²) in [7, 11) is 0. The zero-order valence-corrected chi connectivity index (χ0v) is 19.6. The largest absolute Gasteiger partial charge is 0.351 e. The predicted octanol–water partition coefficient (Wildman–Crippen LogP) is 6.04. The summed E-state index contributed by atoms with van der Waals surface area (Å²) in [5.41, 5.74) is 0.134. The van der Waals surface area contributed by atoms with Gasteiger partial charge in [-0.2, -0.15) is 0 Å². The van der Waals surface area contributed by atoms with Crippen molar-refractivity contribution in [2.75, 3.05) is 5.32 Å². The van der Waals surface area contributed by atoms with Crippen LogP contribution in [0.15, 0.2) is 53.9 Å². The van der Waals surface area contributed by atoms with Gasteiger partial charge in [0.25, 0.3) is 5.91 Å². The smallest absolute Gasteiger partial charge is 0.255 e. The molecule has 3 aromatic rings. The molecular weight excluding hydrogens is 473 g/mol. The van der Waals surface area contributed by atoms with Gasteiger partial charge in [-0.1, -0.05) is 24.9 Å². The van der Waals surface area contributed by atoms with Gasteiger partial charge >= 0.3 is 0 Å². The number of nitrogens with one attached hydrogen (secondary N) is 3. The van der Waals surface area contributed by atoms with Crippen molar-refractivity contribution in [1.82, 2.24) is 15.3 Å². The summed E-state index contributed by atoms with van der Waals surface area (Å²) in [4.78, 5) is 19.7. The van der Waals surface area contributed by atoms with E-state index in [9.17, 15) is 18.0 Å². The molecule has 2 aromatic carbocycles. The van der Waals surface area contributed by atoms with Gasteiger partial charge in [0.15, 0.2) is 17.5 Å². The van der Waals surface area contributed by atoms with E-state index in [1.54, 1.807) is 42.6 Å². The zero-order valence-electron chi connectivity index (χ0n) is 18.0. The first kappa shape index (κ1) is 25.1. The Hall–Kier alpha value is -2.49. The average molecular weight is 497 g/mol. The molecular formula is C23H24ClF3N4OS. The number of imidazole rings is 1. The van der Waals surface area contributed by atoms with E-state index in [4.69, 9.17) is 11.6 Å². The number of hydrogen-bond acceptors (Lipinski definition) is 4. The topological polar surface area (TPSA) is 69.8 Å². The lowest BCUT2D eigenvalue weighted by molar-refractivity contribution is 0.102. The standard InChI is InChI=1S/C20H20ClF3N2OS.C3H4N2/c1-3-4-16-19(10(2)25-16)28-17-7-11(5-6-13(17)21)20(27)26-12-8-14(22)18(24)15(23)9-12;1-2-5-3-4-1/h5-10,16,19,25H,3-4H2,1-2H3,(H,26,27);1-3H,(H,4,5). The van der Waals surface area contributed by atoms with Crippen molar-refractivity contribution >= 4 is 35.0 Å². The molecule has 5 nitrogen and oxygen atoms in total. The number of anilines is 1. The second-order valence-electron chi connectivity index (χ2n) is 7.55. The molecule has 2 heterocycles. The molecule has 0 aliphatic carbocycles. The van der Waals surface area contributed by atoms with Gasteiger partial charge in [0.05, 0.1) is 11.3 Å². The van der Waals surface area contributed by atoms with E-state index in [0.717, 1.165) is 29.9 Å². The van der Waals surface area contributed by atoms with Gasteiger partial charge in [-0.05, 0) is 31.5 Å². The molecule has 0 spiro atoms. The second-order valence-corrected chi connectivity index (χ2v) is 9.17. The predicted molar refractivity (Wildman–Crippen MR) is 125 cm³/mol. The lowest BCUT2D eigenvalue weighted by atomic mass is 9.94. The van der Waals surface area contributed by atoms with Gasteiger partial charge in [-0.15, -0.1) is 11.8 Å². The molecule has 0 radical (unpaired) electrons. The highest BCUT2D eigenvalue weighted by Crippen LogP contribution is 2.38. The van der Waals surface area contributed by atoms with Gasteiger partial charge in [0, 0.05) is 58.0 Å². The van der Waals surface area contributed by atoms with E-state index >= 15 is 0 Å². The molecule has 33 heavy (non-hydrogen) atoms. The van der Waals surface area contributed by atoms with Crippen LogP contribution >= 0.6 is 23.4 Å². The van der Waals surface area contributed by atoms with Gasteiger partial charge in [-0.3, -0.25) is 4.79 Å². The summed E-state index contributed by atoms with van der Waals surface area (Å²) in [5, 5.41) is 6.74. The number of halogens is 4. The molecule has 176 valence electrons. The molecule has 3 unspecified atom stereocenters. The fraction of sp³-hybridized carbons (Fsp3) is 0.304. The minimum absolute atomic E-state index is 0.162. The van der Waals surface area contributed by atoms with Crippen LogP contribution in [0.2, 0.25) is 5.02 Å². The third-order valence-corrected chi connectivity index (χ3v) is 7.11. The summed E-state index contributed by atoms with van der Waals surface area (Å²) in [6.07, 6.45) is 7.21. The van der Waals surface area contributed by atoms with Crippen LogP contribution in [-0.4, -0.2) is 33.2 Å². The summed E-state index contributed by atoms with van der Waals surface area (Å²) < 4.78 is 39.7. The zero-order chi connectivity index (χ0) is 24.0. The number of carbonyl (C=O) groups excluding carboxylic acids is 1. The van der Waals surface area contributed by atoms with Crippen LogP contribution < -0.4 is 10.6 Å². The molecule has 3 atom stereocenters. The van der Waals surface area contributed by atoms with Gasteiger partial charge in [0.2, 0.25) is 0 Å². The highest BCUT2D eigenvalue weighted by atomic mass is 35.5. The minimum Gasteiger partial charge on any atom is -0.351 e. The van der Waals surface area contributed by atoms with E-state index < -0.39 is 23.4 Å². The highest BCUT2D eigenvalue weighted by molar-refractivity contribution is 8.00. The number of rotatable bonds is 6. The molecule has 3 N–H and O–H groups in total. The van der Waals surface area contributed by atoms with Crippen molar-refractivity contribution in [2.24, 2.45) is 0 Å². The molecule has 1 aliphatic rings. The van der Waals surface area contributed by atoms with Gasteiger partial charge < -0.3 is 15.6 Å². The van der Waals surface area contributed by atoms with E-state index in [2.05, 4.69) is 34.4 Å². The van der Waals surface area contributed by atoms with Crippen LogP contribution in [0.4, 0.5) is 18.9 Å². The number of nitrogens with zero attached hydrogens (tertiary/aromatic N) is 1. The van der Waals surface area contributed by atoms with Gasteiger partial charge in [0.1, 0.15) is 0 Å². The fourth-order valence-corrected chi connectivity index (χ4v) is 5.01. The maximum atomic E-state index is 13.3. The van der Waals surface area contributed by atoms with Crippen molar-refractivity contribution in [1.29, 1.82) is 0 Å². The third kappa shape index (κ3) is 6.52. The van der Waals surface area contributed by atoms with Crippen LogP contribution in [0.25, 0.3) is 0 Å². The lowest BCUT2D eigenvalue weighted by Crippen LogP contribution is -2.62. The Bertz CT molecular complexity index is 1040. The number of thioether (sulfide) groups is 1. The van der Waals surface area contributed by atoms with Gasteiger partial charge in [-0.25, -0.2) is 18.2 Å². The first-order chi connectivity index (χ1) is 15.8. The SMILES string of the molecule is CCCC1NC(C)C1Sc1cc(C(=O)Nc2cc(F)c(F)c(F)c2)ccc1Cl.c1c[nH]cn1.